The van der Waals surface area contributed by atoms with Crippen molar-refractivity contribution in [3.8, 4) is 0 Å². The number of hydrogen-bond donors (Lipinski definition) is 0. The van der Waals surface area contributed by atoms with Crippen LogP contribution < -0.4 is 0 Å². The minimum Gasteiger partial charge on any atom is -0.424 e. The molecule has 1 aromatic rings. The quantitative estimate of drug-likeness (QED) is 0.409. The SMILES string of the molecule is Cc1n[c-]ns1.[Ni]. The first-order valence-electron chi connectivity index (χ1n) is 1.56. The van der Waals surface area contributed by atoms with Crippen molar-refractivity contribution >= 4 is 11.5 Å². The van der Waals surface area contributed by atoms with Crippen molar-refractivity contribution in [2.45, 2.75) is 6.92 Å². The van der Waals surface area contributed by atoms with Crippen LogP contribution in [0.25, 0.3) is 0 Å². The van der Waals surface area contributed by atoms with E-state index in [1.165, 1.54) is 11.5 Å². The molecule has 2 nitrogen and oxygen atoms in total. The molecule has 1 heterocycles. The zero-order valence-electron chi connectivity index (χ0n) is 3.62. The molecular formula is C3H3N2NiS-. The summed E-state index contributed by atoms with van der Waals surface area (Å²) in [6.45, 7) is 1.90. The molecule has 0 saturated heterocycles. The number of nitrogens with zero attached hydrogens (tertiary/aromatic N) is 2. The van der Waals surface area contributed by atoms with Gasteiger partial charge >= 0.3 is 0 Å². The summed E-state index contributed by atoms with van der Waals surface area (Å²) < 4.78 is 3.63. The predicted molar refractivity (Wildman–Crippen MR) is 23.5 cm³/mol. The Kier molecular flexibility index (Phi) is 3.13. The molecule has 0 aromatic carbocycles. The van der Waals surface area contributed by atoms with E-state index in [0.717, 1.165) is 5.01 Å². The van der Waals surface area contributed by atoms with E-state index in [-0.39, 0.29) is 16.5 Å². The van der Waals surface area contributed by atoms with Crippen molar-refractivity contribution in [3.63, 3.8) is 0 Å². The Bertz CT molecular complexity index is 116. The van der Waals surface area contributed by atoms with E-state index >= 15 is 0 Å². The number of aryl methyl sites for hydroxylation is 1. The summed E-state index contributed by atoms with van der Waals surface area (Å²) in [4.78, 5) is 3.70. The van der Waals surface area contributed by atoms with Gasteiger partial charge in [-0.05, 0) is 11.3 Å². The van der Waals surface area contributed by atoms with Crippen LogP contribution in [0.15, 0.2) is 0 Å². The third-order valence-electron chi connectivity index (χ3n) is 0.426. The van der Waals surface area contributed by atoms with E-state index in [9.17, 15) is 0 Å². The molecule has 4 heteroatoms. The van der Waals surface area contributed by atoms with Gasteiger partial charge in [-0.3, -0.25) is 0 Å². The second kappa shape index (κ2) is 3.11. The second-order valence-electron chi connectivity index (χ2n) is 0.913. The molecule has 0 atom stereocenters. The predicted octanol–water partition coefficient (Wildman–Crippen LogP) is 0.644. The van der Waals surface area contributed by atoms with Crippen LogP contribution in [-0.4, -0.2) is 9.36 Å². The van der Waals surface area contributed by atoms with Crippen molar-refractivity contribution in [3.05, 3.63) is 11.3 Å². The molecule has 0 saturated carbocycles. The summed E-state index contributed by atoms with van der Waals surface area (Å²) in [7, 11) is 0. The molecule has 0 amide bonds. The molecule has 0 fully saturated rings. The third-order valence-corrected chi connectivity index (χ3v) is 0.954. The van der Waals surface area contributed by atoms with Crippen LogP contribution in [0.1, 0.15) is 5.01 Å². The van der Waals surface area contributed by atoms with Crippen molar-refractivity contribution in [2.75, 3.05) is 0 Å². The summed E-state index contributed by atoms with van der Waals surface area (Å²) in [5.74, 6) is 0. The van der Waals surface area contributed by atoms with Gasteiger partial charge in [-0.15, -0.1) is 11.5 Å². The largest absolute Gasteiger partial charge is 0.424 e. The molecule has 0 bridgehead atoms. The fourth-order valence-corrected chi connectivity index (χ4v) is 0.493. The van der Waals surface area contributed by atoms with Gasteiger partial charge in [0.15, 0.2) is 0 Å². The maximum Gasteiger partial charge on any atom is 0 e. The Morgan fingerprint density at radius 3 is 2.57 bits per heavy atom. The number of hydrogen-bond acceptors (Lipinski definition) is 3. The molecule has 7 heavy (non-hydrogen) atoms. The van der Waals surface area contributed by atoms with E-state index in [1.807, 2.05) is 6.92 Å². The Labute approximate surface area is 56.1 Å². The van der Waals surface area contributed by atoms with Gasteiger partial charge in [0.1, 0.15) is 0 Å². The van der Waals surface area contributed by atoms with Gasteiger partial charge < -0.3 is 9.36 Å². The van der Waals surface area contributed by atoms with E-state index in [1.54, 1.807) is 0 Å². The smallest absolute Gasteiger partial charge is 0 e. The molecule has 42 valence electrons. The Balaban J connectivity index is 0.000000360. The fourth-order valence-electron chi connectivity index (χ4n) is 0.198. The van der Waals surface area contributed by atoms with Crippen molar-refractivity contribution < 1.29 is 16.5 Å². The first-order valence-corrected chi connectivity index (χ1v) is 2.33. The van der Waals surface area contributed by atoms with E-state index < -0.39 is 0 Å². The molecule has 1 aromatic heterocycles. The average Bonchev–Trinajstić information content (AvgIpc) is 1.86. The minimum absolute atomic E-state index is 0. The zero-order valence-corrected chi connectivity index (χ0v) is 5.42. The molecule has 0 aliphatic rings. The summed E-state index contributed by atoms with van der Waals surface area (Å²) in [5, 5.41) is 0.968. The van der Waals surface area contributed by atoms with Crippen LogP contribution in [0, 0.1) is 13.3 Å². The minimum atomic E-state index is 0. The normalized spacial score (nSPS) is 7.57. The van der Waals surface area contributed by atoms with E-state index in [0.29, 0.717) is 0 Å². The topological polar surface area (TPSA) is 25.8 Å². The van der Waals surface area contributed by atoms with E-state index in [4.69, 9.17) is 0 Å². The molecule has 0 aliphatic heterocycles. The Hall–Kier alpha value is 0.0535. The van der Waals surface area contributed by atoms with Crippen molar-refractivity contribution in [1.82, 2.24) is 9.36 Å². The van der Waals surface area contributed by atoms with Gasteiger partial charge in [0, 0.05) is 16.5 Å². The summed E-state index contributed by atoms with van der Waals surface area (Å²) in [6.07, 6.45) is 2.45. The maximum absolute atomic E-state index is 3.70. The van der Waals surface area contributed by atoms with Crippen molar-refractivity contribution in [1.29, 1.82) is 0 Å². The van der Waals surface area contributed by atoms with Gasteiger partial charge in [-0.25, -0.2) is 0 Å². The van der Waals surface area contributed by atoms with Gasteiger partial charge in [0.2, 0.25) is 0 Å². The molecule has 0 unspecified atom stereocenters. The van der Waals surface area contributed by atoms with Crippen LogP contribution in [0.4, 0.5) is 0 Å². The van der Waals surface area contributed by atoms with Crippen LogP contribution in [-0.2, 0) is 16.5 Å². The molecule has 0 aliphatic carbocycles. The van der Waals surface area contributed by atoms with Crippen LogP contribution in [0.5, 0.6) is 0 Å². The van der Waals surface area contributed by atoms with Gasteiger partial charge in [-0.1, -0.05) is 6.92 Å². The monoisotopic (exact) mass is 157 g/mol. The number of aromatic nitrogens is 2. The second-order valence-corrected chi connectivity index (χ2v) is 1.87. The zero-order chi connectivity index (χ0) is 4.41. The first kappa shape index (κ1) is 7.05. The van der Waals surface area contributed by atoms with Crippen LogP contribution in [0.3, 0.4) is 0 Å². The molecule has 0 spiro atoms. The first-order chi connectivity index (χ1) is 2.89. The summed E-state index contributed by atoms with van der Waals surface area (Å²) in [5.41, 5.74) is 0. The van der Waals surface area contributed by atoms with Gasteiger partial charge in [0.25, 0.3) is 0 Å². The summed E-state index contributed by atoms with van der Waals surface area (Å²) >= 11 is 1.36. The average molecular weight is 158 g/mol. The molecule has 0 radical (unpaired) electrons. The maximum atomic E-state index is 3.70. The Morgan fingerprint density at radius 1 is 1.71 bits per heavy atom. The summed E-state index contributed by atoms with van der Waals surface area (Å²) in [6, 6.07) is 0. The van der Waals surface area contributed by atoms with E-state index in [2.05, 4.69) is 15.7 Å². The van der Waals surface area contributed by atoms with Gasteiger partial charge in [-0.2, -0.15) is 0 Å². The van der Waals surface area contributed by atoms with Crippen molar-refractivity contribution in [2.24, 2.45) is 0 Å². The standard InChI is InChI=1S/C3H3N2S.Ni/c1-3-4-2-5-6-3;/h1H3;/q-1;. The van der Waals surface area contributed by atoms with Crippen LogP contribution in [0.2, 0.25) is 0 Å². The molecular weight excluding hydrogens is 155 g/mol. The Morgan fingerprint density at radius 2 is 2.43 bits per heavy atom. The van der Waals surface area contributed by atoms with Crippen LogP contribution >= 0.6 is 11.5 Å². The van der Waals surface area contributed by atoms with Gasteiger partial charge in [0.05, 0.1) is 0 Å². The molecule has 1 rings (SSSR count). The third kappa shape index (κ3) is 2.00. The molecule has 0 N–H and O–H groups in total. The fraction of sp³-hybridized carbons (Fsp3) is 0.333. The number of rotatable bonds is 0.